The number of benzene rings is 4. The summed E-state index contributed by atoms with van der Waals surface area (Å²) in [5, 5.41) is 3.46. The Morgan fingerprint density at radius 1 is 0.758 bits per heavy atom. The third-order valence-electron chi connectivity index (χ3n) is 5.95. The lowest BCUT2D eigenvalue weighted by Gasteiger charge is -2.24. The van der Waals surface area contributed by atoms with Crippen molar-refractivity contribution in [2.24, 2.45) is 5.92 Å². The van der Waals surface area contributed by atoms with Crippen molar-refractivity contribution in [3.05, 3.63) is 84.9 Å². The van der Waals surface area contributed by atoms with E-state index < -0.39 is 13.1 Å². The zero-order chi connectivity index (χ0) is 23.3. The molecule has 4 aromatic carbocycles. The Balaban J connectivity index is 1.79. The second kappa shape index (κ2) is 10.2. The summed E-state index contributed by atoms with van der Waals surface area (Å²) in [4.78, 5) is 13.7. The Kier molecular flexibility index (Phi) is 7.15. The van der Waals surface area contributed by atoms with Gasteiger partial charge >= 0.3 is 7.60 Å². The number of hydrogen-bond acceptors (Lipinski definition) is 4. The van der Waals surface area contributed by atoms with Crippen molar-refractivity contribution >= 4 is 34.7 Å². The fourth-order valence-corrected chi connectivity index (χ4v) is 5.91. The van der Waals surface area contributed by atoms with Crippen LogP contribution in [0, 0.1) is 5.92 Å². The lowest BCUT2D eigenvalue weighted by atomic mass is 10.0. The Bertz CT molecular complexity index is 1220. The zero-order valence-corrected chi connectivity index (χ0v) is 20.0. The van der Waals surface area contributed by atoms with Gasteiger partial charge < -0.3 is 9.05 Å². The summed E-state index contributed by atoms with van der Waals surface area (Å²) < 4.78 is 26.5. The topological polar surface area (TPSA) is 52.6 Å². The maximum atomic E-state index is 14.3. The van der Waals surface area contributed by atoms with Gasteiger partial charge in [0.05, 0.1) is 0 Å². The molecule has 33 heavy (non-hydrogen) atoms. The third kappa shape index (κ3) is 4.96. The molecule has 1 unspecified atom stereocenters. The lowest BCUT2D eigenvalue weighted by Crippen LogP contribution is -2.20. The first kappa shape index (κ1) is 23.1. The summed E-state index contributed by atoms with van der Waals surface area (Å²) in [5.41, 5.74) is -0.459. The van der Waals surface area contributed by atoms with Gasteiger partial charge in [0.2, 0.25) is 0 Å². The summed E-state index contributed by atoms with van der Waals surface area (Å²) in [5.74, 6) is 0.381. The molecule has 1 atom stereocenters. The normalized spacial score (nSPS) is 12.5. The lowest BCUT2D eigenvalue weighted by molar-refractivity contribution is -0.117. The first-order valence-corrected chi connectivity index (χ1v) is 13.1. The molecule has 4 aromatic rings. The van der Waals surface area contributed by atoms with E-state index in [1.807, 2.05) is 79.7 Å². The molecule has 0 N–H and O–H groups in total. The molecule has 4 nitrogen and oxygen atoms in total. The van der Waals surface area contributed by atoms with E-state index in [1.165, 1.54) is 0 Å². The van der Waals surface area contributed by atoms with E-state index in [2.05, 4.69) is 6.92 Å². The molecular formula is C28H29O4P. The van der Waals surface area contributed by atoms with Crippen molar-refractivity contribution in [3.8, 4) is 11.5 Å². The third-order valence-corrected chi connectivity index (χ3v) is 7.73. The maximum Gasteiger partial charge on any atom is 0.498 e. The predicted octanol–water partition coefficient (Wildman–Crippen LogP) is 8.39. The summed E-state index contributed by atoms with van der Waals surface area (Å²) in [6.07, 6.45) is 3.09. The van der Waals surface area contributed by atoms with Crippen LogP contribution in [0.2, 0.25) is 0 Å². The predicted molar refractivity (Wildman–Crippen MR) is 135 cm³/mol. The van der Waals surface area contributed by atoms with Gasteiger partial charge in [-0.1, -0.05) is 99.5 Å². The largest absolute Gasteiger partial charge is 0.498 e. The molecule has 0 bridgehead atoms. The monoisotopic (exact) mass is 460 g/mol. The van der Waals surface area contributed by atoms with Gasteiger partial charge in [-0.05, 0) is 35.7 Å². The van der Waals surface area contributed by atoms with E-state index in [0.29, 0.717) is 24.3 Å². The minimum Gasteiger partial charge on any atom is -0.410 e. The molecule has 0 radical (unpaired) electrons. The highest BCUT2D eigenvalue weighted by atomic mass is 31.2. The Labute approximate surface area is 195 Å². The number of hydrogen-bond donors (Lipinski definition) is 0. The minimum absolute atomic E-state index is 0.385. The Hall–Kier alpha value is -3.10. The molecule has 4 rings (SSSR count). The highest BCUT2D eigenvalue weighted by Gasteiger charge is 2.43. The highest BCUT2D eigenvalue weighted by molar-refractivity contribution is 7.72. The Morgan fingerprint density at radius 2 is 1.24 bits per heavy atom. The fourth-order valence-electron chi connectivity index (χ4n) is 4.09. The van der Waals surface area contributed by atoms with Crippen molar-refractivity contribution < 1.29 is 18.4 Å². The molecule has 0 heterocycles. The number of unbranched alkanes of at least 4 members (excludes halogenated alkanes) is 1. The average molecular weight is 461 g/mol. The standard InChI is InChI=1S/C28H29O4P/c1-3-5-12-21(4-2)28(29)33(30,31-26-19-10-15-22-13-6-8-17-24(22)26)32-27-20-11-16-23-14-7-9-18-25(23)27/h6-11,13-21H,3-5,12H2,1-2H3. The molecule has 5 heteroatoms. The van der Waals surface area contributed by atoms with Crippen LogP contribution in [0.4, 0.5) is 0 Å². The summed E-state index contributed by atoms with van der Waals surface area (Å²) in [7, 11) is -4.21. The van der Waals surface area contributed by atoms with Crippen LogP contribution in [0.5, 0.6) is 11.5 Å². The zero-order valence-electron chi connectivity index (χ0n) is 19.1. The molecular weight excluding hydrogens is 431 g/mol. The van der Waals surface area contributed by atoms with E-state index in [4.69, 9.17) is 9.05 Å². The molecule has 0 fully saturated rings. The van der Waals surface area contributed by atoms with Crippen molar-refractivity contribution in [1.82, 2.24) is 0 Å². The number of carbonyl (C=O) groups excluding carboxylic acids is 1. The molecule has 0 saturated carbocycles. The molecule has 0 aliphatic rings. The van der Waals surface area contributed by atoms with Gasteiger partial charge in [-0.25, -0.2) is 4.57 Å². The van der Waals surface area contributed by atoms with Crippen LogP contribution in [0.25, 0.3) is 21.5 Å². The summed E-state index contributed by atoms with van der Waals surface area (Å²) in [6.45, 7) is 4.02. The first-order chi connectivity index (χ1) is 16.1. The van der Waals surface area contributed by atoms with Crippen LogP contribution in [0.15, 0.2) is 84.9 Å². The van der Waals surface area contributed by atoms with E-state index in [-0.39, 0.29) is 5.92 Å². The van der Waals surface area contributed by atoms with Gasteiger partial charge in [0.15, 0.2) is 0 Å². The van der Waals surface area contributed by atoms with Gasteiger partial charge in [-0.15, -0.1) is 0 Å². The van der Waals surface area contributed by atoms with Crippen molar-refractivity contribution in [2.75, 3.05) is 0 Å². The van der Waals surface area contributed by atoms with Crippen LogP contribution in [-0.4, -0.2) is 5.52 Å². The molecule has 0 saturated heterocycles. The number of carbonyl (C=O) groups is 1. The molecule has 0 aromatic heterocycles. The number of rotatable bonds is 10. The second-order valence-corrected chi connectivity index (χ2v) is 10.0. The SMILES string of the molecule is CCCCC(CC)C(=O)P(=O)(Oc1cccc2ccccc12)Oc1cccc2ccccc12. The van der Waals surface area contributed by atoms with Crippen LogP contribution in [0.1, 0.15) is 39.5 Å². The van der Waals surface area contributed by atoms with Crippen LogP contribution in [-0.2, 0) is 9.36 Å². The van der Waals surface area contributed by atoms with Crippen molar-refractivity contribution in [1.29, 1.82) is 0 Å². The van der Waals surface area contributed by atoms with E-state index in [0.717, 1.165) is 34.4 Å². The number of fused-ring (bicyclic) bond motifs is 2. The van der Waals surface area contributed by atoms with E-state index in [1.54, 1.807) is 12.1 Å². The molecule has 0 spiro atoms. The van der Waals surface area contributed by atoms with Crippen molar-refractivity contribution in [2.45, 2.75) is 39.5 Å². The van der Waals surface area contributed by atoms with E-state index in [9.17, 15) is 9.36 Å². The van der Waals surface area contributed by atoms with Gasteiger partial charge in [0.1, 0.15) is 11.5 Å². The van der Waals surface area contributed by atoms with Gasteiger partial charge in [0.25, 0.3) is 5.52 Å². The van der Waals surface area contributed by atoms with Crippen molar-refractivity contribution in [3.63, 3.8) is 0 Å². The van der Waals surface area contributed by atoms with E-state index >= 15 is 0 Å². The smallest absolute Gasteiger partial charge is 0.410 e. The fraction of sp³-hybridized carbons (Fsp3) is 0.250. The van der Waals surface area contributed by atoms with Gasteiger partial charge in [-0.3, -0.25) is 4.79 Å². The first-order valence-electron chi connectivity index (χ1n) is 11.5. The molecule has 0 aliphatic carbocycles. The van der Waals surface area contributed by atoms with Crippen LogP contribution >= 0.6 is 7.60 Å². The summed E-state index contributed by atoms with van der Waals surface area (Å²) >= 11 is 0. The quantitative estimate of drug-likeness (QED) is 0.223. The van der Waals surface area contributed by atoms with Gasteiger partial charge in [0, 0.05) is 16.7 Å². The highest BCUT2D eigenvalue weighted by Crippen LogP contribution is 2.54. The summed E-state index contributed by atoms with van der Waals surface area (Å²) in [6, 6.07) is 26.4. The van der Waals surface area contributed by atoms with Gasteiger partial charge in [-0.2, -0.15) is 0 Å². The Morgan fingerprint density at radius 3 is 1.73 bits per heavy atom. The maximum absolute atomic E-state index is 14.3. The minimum atomic E-state index is -4.21. The molecule has 0 amide bonds. The second-order valence-electron chi connectivity index (χ2n) is 8.22. The average Bonchev–Trinajstić information content (AvgIpc) is 2.85. The molecule has 0 aliphatic heterocycles. The van der Waals surface area contributed by atoms with Crippen LogP contribution in [0.3, 0.4) is 0 Å². The van der Waals surface area contributed by atoms with Crippen LogP contribution < -0.4 is 9.05 Å². The molecule has 170 valence electrons.